The van der Waals surface area contributed by atoms with Gasteiger partial charge in [-0.1, -0.05) is 12.1 Å². The van der Waals surface area contributed by atoms with Gasteiger partial charge < -0.3 is 30.0 Å². The molecule has 1 aliphatic heterocycles. The molecule has 0 bridgehead atoms. The number of carbonyl (C=O) groups is 4. The number of nitrogens with two attached hydrogens (primary N) is 1. The van der Waals surface area contributed by atoms with E-state index in [-0.39, 0.29) is 24.4 Å². The van der Waals surface area contributed by atoms with Crippen LogP contribution in [0.1, 0.15) is 19.4 Å². The SMILES string of the molecule is COC(=O)C1=C(C)NC(C)=C(C(=O)OC)C1C(=O)OCc1cccc(OCC(N)=O)c1. The van der Waals surface area contributed by atoms with Crippen molar-refractivity contribution in [1.82, 2.24) is 5.32 Å². The number of primary amides is 1. The van der Waals surface area contributed by atoms with Gasteiger partial charge in [-0.3, -0.25) is 9.59 Å². The number of hydrogen-bond donors (Lipinski definition) is 2. The highest BCUT2D eigenvalue weighted by Crippen LogP contribution is 2.32. The van der Waals surface area contributed by atoms with Gasteiger partial charge in [-0.15, -0.1) is 0 Å². The second-order valence-electron chi connectivity index (χ2n) is 6.63. The number of dihydropyridines is 1. The topological polar surface area (TPSA) is 143 Å². The first kappa shape index (κ1) is 23.5. The summed E-state index contributed by atoms with van der Waals surface area (Å²) in [6.45, 7) is 2.71. The molecule has 3 N–H and O–H groups in total. The Morgan fingerprint density at radius 1 is 1.00 bits per heavy atom. The Hall–Kier alpha value is -3.82. The van der Waals surface area contributed by atoms with Gasteiger partial charge in [-0.25, -0.2) is 9.59 Å². The Labute approximate surface area is 179 Å². The molecule has 1 heterocycles. The third kappa shape index (κ3) is 5.62. The normalized spacial score (nSPS) is 13.9. The number of amides is 1. The Morgan fingerprint density at radius 3 is 2.10 bits per heavy atom. The lowest BCUT2D eigenvalue weighted by molar-refractivity contribution is -0.152. The molecule has 0 spiro atoms. The van der Waals surface area contributed by atoms with E-state index >= 15 is 0 Å². The molecule has 1 aromatic carbocycles. The summed E-state index contributed by atoms with van der Waals surface area (Å²) >= 11 is 0. The monoisotopic (exact) mass is 432 g/mol. The van der Waals surface area contributed by atoms with Crippen molar-refractivity contribution in [3.8, 4) is 5.75 Å². The summed E-state index contributed by atoms with van der Waals surface area (Å²) in [7, 11) is 2.34. The lowest BCUT2D eigenvalue weighted by Crippen LogP contribution is -2.37. The minimum atomic E-state index is -1.32. The van der Waals surface area contributed by atoms with Crippen LogP contribution in [0.5, 0.6) is 5.75 Å². The standard InChI is InChI=1S/C21H24N2O8/c1-11-16(19(25)28-3)18(17(12(2)23-11)20(26)29-4)21(27)31-9-13-6-5-7-14(8-13)30-10-15(22)24/h5-8,18,23H,9-10H2,1-4H3,(H2,22,24). The van der Waals surface area contributed by atoms with Gasteiger partial charge in [0.2, 0.25) is 0 Å². The molecule has 1 aromatic rings. The Morgan fingerprint density at radius 2 is 1.58 bits per heavy atom. The van der Waals surface area contributed by atoms with Crippen LogP contribution in [0.25, 0.3) is 0 Å². The van der Waals surface area contributed by atoms with E-state index in [1.165, 1.54) is 14.2 Å². The number of benzene rings is 1. The maximum Gasteiger partial charge on any atom is 0.336 e. The van der Waals surface area contributed by atoms with Gasteiger partial charge in [0.1, 0.15) is 18.3 Å². The third-order valence-corrected chi connectivity index (χ3v) is 4.47. The molecule has 0 atom stereocenters. The molecular weight excluding hydrogens is 408 g/mol. The minimum absolute atomic E-state index is 0.0444. The van der Waals surface area contributed by atoms with Crippen LogP contribution in [0.3, 0.4) is 0 Å². The zero-order chi connectivity index (χ0) is 23.1. The first-order chi connectivity index (χ1) is 14.7. The van der Waals surface area contributed by atoms with Gasteiger partial charge in [0.15, 0.2) is 6.61 Å². The van der Waals surface area contributed by atoms with Crippen molar-refractivity contribution in [3.63, 3.8) is 0 Å². The lowest BCUT2D eigenvalue weighted by Gasteiger charge is -2.28. The van der Waals surface area contributed by atoms with Crippen molar-refractivity contribution < 1.29 is 38.1 Å². The smallest absolute Gasteiger partial charge is 0.336 e. The summed E-state index contributed by atoms with van der Waals surface area (Å²) < 4.78 is 20.2. The first-order valence-corrected chi connectivity index (χ1v) is 9.21. The van der Waals surface area contributed by atoms with E-state index in [9.17, 15) is 19.2 Å². The number of esters is 3. The van der Waals surface area contributed by atoms with Crippen LogP contribution in [-0.2, 0) is 40.0 Å². The van der Waals surface area contributed by atoms with Crippen LogP contribution >= 0.6 is 0 Å². The molecular formula is C21H24N2O8. The van der Waals surface area contributed by atoms with E-state index < -0.39 is 29.7 Å². The summed E-state index contributed by atoms with van der Waals surface area (Å²) in [6.07, 6.45) is 0. The van der Waals surface area contributed by atoms with E-state index in [0.717, 1.165) is 0 Å². The quantitative estimate of drug-likeness (QED) is 0.448. The zero-order valence-electron chi connectivity index (χ0n) is 17.6. The fourth-order valence-corrected chi connectivity index (χ4v) is 3.11. The van der Waals surface area contributed by atoms with Crippen LogP contribution in [-0.4, -0.2) is 44.6 Å². The molecule has 166 valence electrons. The van der Waals surface area contributed by atoms with Crippen LogP contribution < -0.4 is 15.8 Å². The summed E-state index contributed by atoms with van der Waals surface area (Å²) in [5.74, 6) is -3.96. The van der Waals surface area contributed by atoms with Crippen molar-refractivity contribution in [1.29, 1.82) is 0 Å². The molecule has 10 heteroatoms. The van der Waals surface area contributed by atoms with Crippen LogP contribution in [0, 0.1) is 5.92 Å². The van der Waals surface area contributed by atoms with E-state index in [2.05, 4.69) is 5.32 Å². The average Bonchev–Trinajstić information content (AvgIpc) is 2.74. The molecule has 0 aromatic heterocycles. The van der Waals surface area contributed by atoms with E-state index in [1.54, 1.807) is 38.1 Å². The van der Waals surface area contributed by atoms with Gasteiger partial charge in [-0.2, -0.15) is 0 Å². The zero-order valence-corrected chi connectivity index (χ0v) is 17.6. The number of hydrogen-bond acceptors (Lipinski definition) is 9. The Balaban J connectivity index is 2.28. The molecule has 2 rings (SSSR count). The molecule has 0 saturated carbocycles. The van der Waals surface area contributed by atoms with Crippen molar-refractivity contribution in [2.45, 2.75) is 20.5 Å². The van der Waals surface area contributed by atoms with E-state index in [1.807, 2.05) is 0 Å². The van der Waals surface area contributed by atoms with Crippen molar-refractivity contribution in [2.24, 2.45) is 11.7 Å². The predicted molar refractivity (Wildman–Crippen MR) is 107 cm³/mol. The highest BCUT2D eigenvalue weighted by Gasteiger charge is 2.42. The molecule has 1 amide bonds. The fourth-order valence-electron chi connectivity index (χ4n) is 3.11. The molecule has 0 radical (unpaired) electrons. The van der Waals surface area contributed by atoms with Gasteiger partial charge in [0.05, 0.1) is 25.4 Å². The average molecular weight is 432 g/mol. The predicted octanol–water partition coefficient (Wildman–Crippen LogP) is 0.707. The number of nitrogens with one attached hydrogen (secondary N) is 1. The molecule has 1 aliphatic rings. The molecule has 0 saturated heterocycles. The summed E-state index contributed by atoms with van der Waals surface area (Å²) in [4.78, 5) is 48.5. The second kappa shape index (κ2) is 10.3. The Kier molecular flexibility index (Phi) is 7.78. The third-order valence-electron chi connectivity index (χ3n) is 4.47. The maximum atomic E-state index is 13.0. The number of methoxy groups -OCH3 is 2. The van der Waals surface area contributed by atoms with Crippen LogP contribution in [0.4, 0.5) is 0 Å². The van der Waals surface area contributed by atoms with E-state index in [4.69, 9.17) is 24.7 Å². The molecule has 10 nitrogen and oxygen atoms in total. The number of rotatable bonds is 8. The highest BCUT2D eigenvalue weighted by molar-refractivity contribution is 6.05. The summed E-state index contributed by atoms with van der Waals surface area (Å²) in [5, 5.41) is 2.89. The molecule has 0 fully saturated rings. The van der Waals surface area contributed by atoms with E-state index in [0.29, 0.717) is 22.7 Å². The van der Waals surface area contributed by atoms with Gasteiger partial charge in [-0.05, 0) is 31.5 Å². The minimum Gasteiger partial charge on any atom is -0.484 e. The first-order valence-electron chi connectivity index (χ1n) is 9.21. The van der Waals surface area contributed by atoms with Gasteiger partial charge >= 0.3 is 17.9 Å². The Bertz CT molecular complexity index is 926. The number of carbonyl (C=O) groups excluding carboxylic acids is 4. The molecule has 31 heavy (non-hydrogen) atoms. The molecule has 0 aliphatic carbocycles. The molecule has 0 unspecified atom stereocenters. The van der Waals surface area contributed by atoms with Gasteiger partial charge in [0, 0.05) is 11.4 Å². The fraction of sp³-hybridized carbons (Fsp3) is 0.333. The van der Waals surface area contributed by atoms with Crippen LogP contribution in [0.2, 0.25) is 0 Å². The lowest BCUT2D eigenvalue weighted by atomic mass is 9.85. The van der Waals surface area contributed by atoms with Crippen molar-refractivity contribution in [2.75, 3.05) is 20.8 Å². The maximum absolute atomic E-state index is 13.0. The summed E-state index contributed by atoms with van der Waals surface area (Å²) in [6, 6.07) is 6.52. The van der Waals surface area contributed by atoms with Crippen molar-refractivity contribution in [3.05, 3.63) is 52.4 Å². The van der Waals surface area contributed by atoms with Gasteiger partial charge in [0.25, 0.3) is 5.91 Å². The number of allylic oxidation sites excluding steroid dienone is 2. The highest BCUT2D eigenvalue weighted by atomic mass is 16.5. The number of ether oxygens (including phenoxy) is 4. The summed E-state index contributed by atoms with van der Waals surface area (Å²) in [5.41, 5.74) is 6.25. The van der Waals surface area contributed by atoms with Crippen molar-refractivity contribution >= 4 is 23.8 Å². The largest absolute Gasteiger partial charge is 0.484 e. The second-order valence-corrected chi connectivity index (χ2v) is 6.63. The van der Waals surface area contributed by atoms with Crippen LogP contribution in [0.15, 0.2) is 46.8 Å².